The minimum Gasteiger partial charge on any atom is -0.480 e. The van der Waals surface area contributed by atoms with E-state index in [0.29, 0.717) is 9.80 Å². The lowest BCUT2D eigenvalue weighted by molar-refractivity contribution is -0.140. The number of amides is 1. The molecule has 1 unspecified atom stereocenters. The van der Waals surface area contributed by atoms with Crippen molar-refractivity contribution >= 4 is 23.6 Å². The van der Waals surface area contributed by atoms with E-state index >= 15 is 0 Å². The Labute approximate surface area is 130 Å². The van der Waals surface area contributed by atoms with Gasteiger partial charge in [-0.1, -0.05) is 12.1 Å². The zero-order chi connectivity index (χ0) is 16.9. The molecule has 0 aliphatic heterocycles. The lowest BCUT2D eigenvalue weighted by atomic mass is 10.2. The smallest absolute Gasteiger partial charge is 0.406 e. The maximum atomic E-state index is 12.5. The number of carboxylic acids is 1. The Balaban J connectivity index is 3.04. The third-order valence-corrected chi connectivity index (χ3v) is 3.97. The van der Waals surface area contributed by atoms with E-state index in [2.05, 4.69) is 0 Å². The van der Waals surface area contributed by atoms with Crippen LogP contribution in [0.1, 0.15) is 24.2 Å². The highest BCUT2D eigenvalue weighted by atomic mass is 32.2. The van der Waals surface area contributed by atoms with Crippen LogP contribution in [0.5, 0.6) is 0 Å². The number of hydrogen-bond acceptors (Lipinski definition) is 3. The highest BCUT2D eigenvalue weighted by Gasteiger charge is 2.33. The number of nitrogens with zero attached hydrogens (tertiary/aromatic N) is 1. The van der Waals surface area contributed by atoms with Gasteiger partial charge >= 0.3 is 12.1 Å². The molecule has 1 rings (SSSR count). The number of hydrogen-bond donors (Lipinski definition) is 1. The summed E-state index contributed by atoms with van der Waals surface area (Å²) in [4.78, 5) is 24.2. The van der Waals surface area contributed by atoms with E-state index in [-0.39, 0.29) is 12.1 Å². The molecule has 0 aliphatic carbocycles. The van der Waals surface area contributed by atoms with Crippen LogP contribution >= 0.6 is 11.8 Å². The molecular formula is C14H16F3NO3S. The van der Waals surface area contributed by atoms with Crippen molar-refractivity contribution in [3.63, 3.8) is 0 Å². The predicted octanol–water partition coefficient (Wildman–Crippen LogP) is 3.28. The number of halogens is 3. The summed E-state index contributed by atoms with van der Waals surface area (Å²) in [6, 6.07) is 6.06. The Hall–Kier alpha value is -1.70. The number of carboxylic acid groups (broad SMARTS) is 1. The molecule has 1 N–H and O–H groups in total. The van der Waals surface area contributed by atoms with Crippen LogP contribution in [-0.2, 0) is 4.79 Å². The molecule has 1 atom stereocenters. The number of carbonyl (C=O) groups is 2. The van der Waals surface area contributed by atoms with Gasteiger partial charge in [0, 0.05) is 11.4 Å². The molecule has 122 valence electrons. The SMILES string of the molecule is CCN(CC(F)(F)F)C(=O)c1ccccc1SC(C)C(=O)O. The minimum absolute atomic E-state index is 0.0756. The zero-order valence-corrected chi connectivity index (χ0v) is 12.9. The van der Waals surface area contributed by atoms with E-state index in [0.717, 1.165) is 11.8 Å². The van der Waals surface area contributed by atoms with Crippen molar-refractivity contribution in [1.82, 2.24) is 4.90 Å². The molecule has 8 heteroatoms. The minimum atomic E-state index is -4.48. The molecule has 0 heterocycles. The number of alkyl halides is 3. The molecule has 1 aromatic rings. The second-order valence-corrected chi connectivity index (χ2v) is 5.91. The van der Waals surface area contributed by atoms with E-state index in [1.54, 1.807) is 6.07 Å². The van der Waals surface area contributed by atoms with Gasteiger partial charge in [0.15, 0.2) is 0 Å². The van der Waals surface area contributed by atoms with E-state index < -0.39 is 29.8 Å². The quantitative estimate of drug-likeness (QED) is 0.811. The van der Waals surface area contributed by atoms with Crippen LogP contribution in [0.25, 0.3) is 0 Å². The van der Waals surface area contributed by atoms with E-state index in [1.807, 2.05) is 0 Å². The van der Waals surface area contributed by atoms with Crippen molar-refractivity contribution in [2.24, 2.45) is 0 Å². The Morgan fingerprint density at radius 1 is 1.32 bits per heavy atom. The van der Waals surface area contributed by atoms with Crippen molar-refractivity contribution in [2.75, 3.05) is 13.1 Å². The fraction of sp³-hybridized carbons (Fsp3) is 0.429. The lowest BCUT2D eigenvalue weighted by Crippen LogP contribution is -2.39. The molecule has 4 nitrogen and oxygen atoms in total. The molecule has 22 heavy (non-hydrogen) atoms. The first-order valence-electron chi connectivity index (χ1n) is 6.50. The second kappa shape index (κ2) is 7.53. The Morgan fingerprint density at radius 2 is 1.91 bits per heavy atom. The highest BCUT2D eigenvalue weighted by Crippen LogP contribution is 2.28. The van der Waals surface area contributed by atoms with Gasteiger partial charge in [0.05, 0.1) is 5.56 Å². The summed E-state index contributed by atoms with van der Waals surface area (Å²) in [5.41, 5.74) is 0.0756. The Morgan fingerprint density at radius 3 is 2.41 bits per heavy atom. The maximum absolute atomic E-state index is 12.5. The molecule has 0 saturated carbocycles. The average Bonchev–Trinajstić information content (AvgIpc) is 2.43. The van der Waals surface area contributed by atoms with Crippen LogP contribution in [0.15, 0.2) is 29.2 Å². The van der Waals surface area contributed by atoms with Gasteiger partial charge in [-0.25, -0.2) is 0 Å². The third kappa shape index (κ3) is 5.25. The Bertz CT molecular complexity index is 548. The molecule has 0 saturated heterocycles. The molecular weight excluding hydrogens is 319 g/mol. The van der Waals surface area contributed by atoms with Crippen molar-refractivity contribution < 1.29 is 27.9 Å². The zero-order valence-electron chi connectivity index (χ0n) is 12.1. The number of aliphatic carboxylic acids is 1. The Kier molecular flexibility index (Phi) is 6.28. The molecule has 0 bridgehead atoms. The predicted molar refractivity (Wildman–Crippen MR) is 77.0 cm³/mol. The molecule has 0 aromatic heterocycles. The van der Waals surface area contributed by atoms with Gasteiger partial charge in [0.25, 0.3) is 5.91 Å². The van der Waals surface area contributed by atoms with Gasteiger partial charge < -0.3 is 10.0 Å². The first-order valence-corrected chi connectivity index (χ1v) is 7.38. The number of thioether (sulfide) groups is 1. The van der Waals surface area contributed by atoms with Crippen molar-refractivity contribution in [1.29, 1.82) is 0 Å². The summed E-state index contributed by atoms with van der Waals surface area (Å²) in [6.45, 7) is 1.47. The molecule has 0 aliphatic rings. The summed E-state index contributed by atoms with van der Waals surface area (Å²) in [7, 11) is 0. The normalized spacial score (nSPS) is 12.8. The van der Waals surface area contributed by atoms with Crippen molar-refractivity contribution in [3.05, 3.63) is 29.8 Å². The third-order valence-electron chi connectivity index (χ3n) is 2.81. The van der Waals surface area contributed by atoms with Gasteiger partial charge in [0.2, 0.25) is 0 Å². The topological polar surface area (TPSA) is 57.6 Å². The molecule has 0 spiro atoms. The molecule has 0 radical (unpaired) electrons. The number of rotatable bonds is 6. The van der Waals surface area contributed by atoms with Crippen LogP contribution in [0, 0.1) is 0 Å². The molecule has 0 fully saturated rings. The first-order chi connectivity index (χ1) is 10.2. The number of carbonyl (C=O) groups excluding carboxylic acids is 1. The molecule has 1 amide bonds. The van der Waals surface area contributed by atoms with Gasteiger partial charge in [-0.3, -0.25) is 9.59 Å². The fourth-order valence-corrected chi connectivity index (χ4v) is 2.62. The highest BCUT2D eigenvalue weighted by molar-refractivity contribution is 8.00. The summed E-state index contributed by atoms with van der Waals surface area (Å²) < 4.78 is 37.5. The van der Waals surface area contributed by atoms with Gasteiger partial charge in [-0.05, 0) is 26.0 Å². The van der Waals surface area contributed by atoms with E-state index in [4.69, 9.17) is 5.11 Å². The summed E-state index contributed by atoms with van der Waals surface area (Å²) in [5, 5.41) is 8.10. The number of benzene rings is 1. The van der Waals surface area contributed by atoms with E-state index in [1.165, 1.54) is 32.0 Å². The van der Waals surface area contributed by atoms with Crippen LogP contribution in [-0.4, -0.2) is 46.4 Å². The maximum Gasteiger partial charge on any atom is 0.406 e. The van der Waals surface area contributed by atoms with Crippen LogP contribution < -0.4 is 0 Å². The van der Waals surface area contributed by atoms with Gasteiger partial charge in [0.1, 0.15) is 11.8 Å². The lowest BCUT2D eigenvalue weighted by Gasteiger charge is -2.23. The average molecular weight is 335 g/mol. The largest absolute Gasteiger partial charge is 0.480 e. The van der Waals surface area contributed by atoms with Crippen molar-refractivity contribution in [3.8, 4) is 0 Å². The van der Waals surface area contributed by atoms with Gasteiger partial charge in [-0.2, -0.15) is 13.2 Å². The first kappa shape index (κ1) is 18.3. The van der Waals surface area contributed by atoms with Crippen LogP contribution in [0.4, 0.5) is 13.2 Å². The fourth-order valence-electron chi connectivity index (χ4n) is 1.70. The second-order valence-electron chi connectivity index (χ2n) is 4.53. The summed E-state index contributed by atoms with van der Waals surface area (Å²) in [6.07, 6.45) is -4.48. The van der Waals surface area contributed by atoms with E-state index in [9.17, 15) is 22.8 Å². The van der Waals surface area contributed by atoms with Crippen LogP contribution in [0.3, 0.4) is 0 Å². The monoisotopic (exact) mass is 335 g/mol. The summed E-state index contributed by atoms with van der Waals surface area (Å²) >= 11 is 0.924. The standard InChI is InChI=1S/C14H16F3NO3S/c1-3-18(8-14(15,16)17)12(19)10-6-4-5-7-11(10)22-9(2)13(20)21/h4-7,9H,3,8H2,1-2H3,(H,20,21). The van der Waals surface area contributed by atoms with Crippen molar-refractivity contribution in [2.45, 2.75) is 30.2 Å². The van der Waals surface area contributed by atoms with Crippen LogP contribution in [0.2, 0.25) is 0 Å². The molecule has 1 aromatic carbocycles. The summed E-state index contributed by atoms with van der Waals surface area (Å²) in [5.74, 6) is -1.82. The van der Waals surface area contributed by atoms with Gasteiger partial charge in [-0.15, -0.1) is 11.8 Å².